The molecule has 0 aliphatic heterocycles. The van der Waals surface area contributed by atoms with Crippen LogP contribution in [-0.2, 0) is 4.79 Å². The molecule has 2 heteroatoms. The molecule has 4 aliphatic rings. The highest BCUT2D eigenvalue weighted by atomic mass is 19.1. The van der Waals surface area contributed by atoms with Gasteiger partial charge in [-0.2, -0.15) is 0 Å². The van der Waals surface area contributed by atoms with Crippen LogP contribution in [0.3, 0.4) is 0 Å². The van der Waals surface area contributed by atoms with Crippen LogP contribution in [0, 0.1) is 40.4 Å². The lowest BCUT2D eigenvalue weighted by Gasteiger charge is -2.60. The summed E-state index contributed by atoms with van der Waals surface area (Å²) in [5, 5.41) is 0. The maximum absolute atomic E-state index is 13.9. The summed E-state index contributed by atoms with van der Waals surface area (Å²) in [4.78, 5) is 12.2. The van der Waals surface area contributed by atoms with Gasteiger partial charge in [-0.1, -0.05) is 13.8 Å². The van der Waals surface area contributed by atoms with E-state index in [9.17, 15) is 9.18 Å². The van der Waals surface area contributed by atoms with Gasteiger partial charge in [0.15, 0.2) is 0 Å². The zero-order chi connectivity index (χ0) is 16.4. The number of alkyl halides is 1. The molecule has 0 amide bonds. The van der Waals surface area contributed by atoms with E-state index >= 15 is 0 Å². The number of hydrogen-bond donors (Lipinski definition) is 0. The van der Waals surface area contributed by atoms with Gasteiger partial charge in [0.05, 0.1) is 0 Å². The van der Waals surface area contributed by atoms with Gasteiger partial charge in [-0.05, 0) is 99.2 Å². The molecule has 4 saturated carbocycles. The standard InChI is InChI=1S/C21H33FO/c1-13(23)17-6-7-18-16-5-4-14-12-15(22)8-10-20(14,2)19(16)9-11-21(17,18)3/h14-19H,4-12H2,1-3H3/t14?,15-,16?,17+,18?,19?,20-,21+/m0/s1. The Morgan fingerprint density at radius 2 is 1.61 bits per heavy atom. The van der Waals surface area contributed by atoms with E-state index in [0.717, 1.165) is 43.4 Å². The molecule has 4 aliphatic carbocycles. The monoisotopic (exact) mass is 320 g/mol. The summed E-state index contributed by atoms with van der Waals surface area (Å²) in [6.45, 7) is 6.71. The highest BCUT2D eigenvalue weighted by Gasteiger charge is 2.60. The Morgan fingerprint density at radius 3 is 2.35 bits per heavy atom. The topological polar surface area (TPSA) is 17.1 Å². The van der Waals surface area contributed by atoms with Crippen molar-refractivity contribution in [3.8, 4) is 0 Å². The quantitative estimate of drug-likeness (QED) is 0.617. The molecule has 23 heavy (non-hydrogen) atoms. The van der Waals surface area contributed by atoms with Crippen LogP contribution in [0.25, 0.3) is 0 Å². The molecule has 0 saturated heterocycles. The van der Waals surface area contributed by atoms with Crippen LogP contribution >= 0.6 is 0 Å². The molecule has 0 radical (unpaired) electrons. The van der Waals surface area contributed by atoms with Crippen molar-refractivity contribution in [1.82, 2.24) is 0 Å². The summed E-state index contributed by atoms with van der Waals surface area (Å²) in [6, 6.07) is 0. The van der Waals surface area contributed by atoms with Crippen LogP contribution < -0.4 is 0 Å². The summed E-state index contributed by atoms with van der Waals surface area (Å²) < 4.78 is 13.9. The Balaban J connectivity index is 1.61. The number of fused-ring (bicyclic) bond motifs is 5. The molecule has 130 valence electrons. The number of carbonyl (C=O) groups excluding carboxylic acids is 1. The SMILES string of the molecule is CC(=O)[C@H]1CCC2C3CCC4C[C@@H](F)CC[C@]4(C)C3CC[C@@]21C. The first-order valence-corrected chi connectivity index (χ1v) is 10.0. The van der Waals surface area contributed by atoms with Gasteiger partial charge in [-0.3, -0.25) is 4.79 Å². The summed E-state index contributed by atoms with van der Waals surface area (Å²) in [5.41, 5.74) is 0.634. The fraction of sp³-hybridized carbons (Fsp3) is 0.952. The van der Waals surface area contributed by atoms with Crippen molar-refractivity contribution < 1.29 is 9.18 Å². The molecule has 0 bridgehead atoms. The predicted molar refractivity (Wildman–Crippen MR) is 90.8 cm³/mol. The minimum Gasteiger partial charge on any atom is -0.300 e. The highest BCUT2D eigenvalue weighted by molar-refractivity contribution is 5.79. The molecule has 0 heterocycles. The van der Waals surface area contributed by atoms with Crippen LogP contribution in [0.15, 0.2) is 0 Å². The van der Waals surface area contributed by atoms with Crippen LogP contribution in [0.4, 0.5) is 4.39 Å². The van der Waals surface area contributed by atoms with Crippen molar-refractivity contribution in [2.45, 2.75) is 84.7 Å². The molecule has 0 aromatic carbocycles. The third-order valence-corrected chi connectivity index (χ3v) is 9.09. The first-order valence-electron chi connectivity index (χ1n) is 10.0. The Morgan fingerprint density at radius 1 is 0.913 bits per heavy atom. The molecule has 0 aromatic rings. The molecule has 4 fully saturated rings. The van der Waals surface area contributed by atoms with Gasteiger partial charge in [0, 0.05) is 5.92 Å². The molecular weight excluding hydrogens is 287 g/mol. The maximum Gasteiger partial charge on any atom is 0.133 e. The van der Waals surface area contributed by atoms with Crippen molar-refractivity contribution in [3.05, 3.63) is 0 Å². The average Bonchev–Trinajstić information content (AvgIpc) is 2.85. The number of ketones is 1. The van der Waals surface area contributed by atoms with Gasteiger partial charge in [0.2, 0.25) is 0 Å². The van der Waals surface area contributed by atoms with E-state index in [1.54, 1.807) is 0 Å². The van der Waals surface area contributed by atoms with E-state index in [0.29, 0.717) is 23.0 Å². The van der Waals surface area contributed by atoms with Crippen molar-refractivity contribution in [2.24, 2.45) is 40.4 Å². The second-order valence-electron chi connectivity index (χ2n) is 9.81. The van der Waals surface area contributed by atoms with Gasteiger partial charge >= 0.3 is 0 Å². The summed E-state index contributed by atoms with van der Waals surface area (Å²) in [6.07, 6.45) is 9.56. The molecular formula is C21H33FO. The van der Waals surface area contributed by atoms with Crippen LogP contribution in [0.5, 0.6) is 0 Å². The number of Topliss-reactive ketones (excluding diaryl/α,β-unsaturated/α-hetero) is 1. The second kappa shape index (κ2) is 5.30. The molecule has 4 rings (SSSR count). The number of rotatable bonds is 1. The number of carbonyl (C=O) groups is 1. The lowest BCUT2D eigenvalue weighted by Crippen LogP contribution is -2.54. The Kier molecular flexibility index (Phi) is 3.71. The van der Waals surface area contributed by atoms with E-state index in [1.165, 1.54) is 32.1 Å². The summed E-state index contributed by atoms with van der Waals surface area (Å²) in [7, 11) is 0. The number of hydrogen-bond acceptors (Lipinski definition) is 1. The Hall–Kier alpha value is -0.400. The van der Waals surface area contributed by atoms with E-state index in [1.807, 2.05) is 6.92 Å². The van der Waals surface area contributed by atoms with Gasteiger partial charge in [0.1, 0.15) is 12.0 Å². The normalized spacial score (nSPS) is 55.7. The van der Waals surface area contributed by atoms with Gasteiger partial charge in [-0.15, -0.1) is 0 Å². The van der Waals surface area contributed by atoms with Gasteiger partial charge < -0.3 is 0 Å². The second-order valence-corrected chi connectivity index (χ2v) is 9.81. The Labute approximate surface area is 140 Å². The van der Waals surface area contributed by atoms with Crippen molar-refractivity contribution in [1.29, 1.82) is 0 Å². The van der Waals surface area contributed by atoms with Crippen LogP contribution in [0.2, 0.25) is 0 Å². The lowest BCUT2D eigenvalue weighted by molar-refractivity contribution is -0.135. The summed E-state index contributed by atoms with van der Waals surface area (Å²) >= 11 is 0. The van der Waals surface area contributed by atoms with E-state index < -0.39 is 6.17 Å². The summed E-state index contributed by atoms with van der Waals surface area (Å²) in [5.74, 6) is 3.68. The predicted octanol–water partition coefficient (Wildman–Crippen LogP) is 5.57. The largest absolute Gasteiger partial charge is 0.300 e. The fourth-order valence-electron chi connectivity index (χ4n) is 7.87. The minimum atomic E-state index is -0.549. The fourth-order valence-corrected chi connectivity index (χ4v) is 7.87. The highest BCUT2D eigenvalue weighted by Crippen LogP contribution is 2.67. The smallest absolute Gasteiger partial charge is 0.133 e. The maximum atomic E-state index is 13.9. The van der Waals surface area contributed by atoms with E-state index in [4.69, 9.17) is 0 Å². The molecule has 8 atom stereocenters. The molecule has 0 spiro atoms. The Bertz CT molecular complexity index is 502. The van der Waals surface area contributed by atoms with Crippen LogP contribution in [-0.4, -0.2) is 12.0 Å². The molecule has 0 aromatic heterocycles. The van der Waals surface area contributed by atoms with Crippen molar-refractivity contribution in [2.75, 3.05) is 0 Å². The van der Waals surface area contributed by atoms with Crippen LogP contribution in [0.1, 0.15) is 78.6 Å². The first kappa shape index (κ1) is 16.1. The van der Waals surface area contributed by atoms with E-state index in [-0.39, 0.29) is 5.41 Å². The molecule has 0 N–H and O–H groups in total. The molecule has 1 nitrogen and oxygen atoms in total. The van der Waals surface area contributed by atoms with Gasteiger partial charge in [0.25, 0.3) is 0 Å². The average molecular weight is 320 g/mol. The zero-order valence-electron chi connectivity index (χ0n) is 15.1. The molecule has 4 unspecified atom stereocenters. The zero-order valence-corrected chi connectivity index (χ0v) is 15.1. The first-order chi connectivity index (χ1) is 10.9. The van der Waals surface area contributed by atoms with Crippen molar-refractivity contribution in [3.63, 3.8) is 0 Å². The van der Waals surface area contributed by atoms with E-state index in [2.05, 4.69) is 13.8 Å². The van der Waals surface area contributed by atoms with Crippen molar-refractivity contribution >= 4 is 5.78 Å². The number of halogens is 1. The van der Waals surface area contributed by atoms with Gasteiger partial charge in [-0.25, -0.2) is 4.39 Å². The minimum absolute atomic E-state index is 0.257. The third kappa shape index (κ3) is 2.19. The lowest BCUT2D eigenvalue weighted by atomic mass is 9.44. The third-order valence-electron chi connectivity index (χ3n) is 9.09.